The minimum absolute atomic E-state index is 0.386. The van der Waals surface area contributed by atoms with Crippen molar-refractivity contribution in [1.29, 1.82) is 0 Å². The first-order chi connectivity index (χ1) is 11.5. The topological polar surface area (TPSA) is 61.4 Å². The second kappa shape index (κ2) is 8.17. The Morgan fingerprint density at radius 1 is 1.04 bits per heavy atom. The van der Waals surface area contributed by atoms with Crippen LogP contribution >= 0.6 is 11.6 Å². The lowest BCUT2D eigenvalue weighted by atomic mass is 10.2. The standard InChI is InChI=1S/C18H18ClN3O2/c1-22(2)16-8-4-6-14(12-16)18(24)21-20-17(23)10-9-13-5-3-7-15(19)11-13/h3-12H,1-2H3,(H,20,23)(H,21,24). The number of amides is 2. The zero-order chi connectivity index (χ0) is 17.5. The molecule has 2 rings (SSSR count). The summed E-state index contributed by atoms with van der Waals surface area (Å²) >= 11 is 5.87. The highest BCUT2D eigenvalue weighted by atomic mass is 35.5. The number of carbonyl (C=O) groups is 2. The summed E-state index contributed by atoms with van der Waals surface area (Å²) in [6.07, 6.45) is 2.93. The van der Waals surface area contributed by atoms with Crippen molar-refractivity contribution in [3.8, 4) is 0 Å². The molecule has 0 fully saturated rings. The Bertz CT molecular complexity index is 772. The summed E-state index contributed by atoms with van der Waals surface area (Å²) < 4.78 is 0. The fourth-order valence-electron chi connectivity index (χ4n) is 1.94. The van der Waals surface area contributed by atoms with Crippen molar-refractivity contribution < 1.29 is 9.59 Å². The molecule has 0 saturated heterocycles. The molecule has 5 nitrogen and oxygen atoms in total. The highest BCUT2D eigenvalue weighted by Crippen LogP contribution is 2.13. The zero-order valence-electron chi connectivity index (χ0n) is 13.4. The zero-order valence-corrected chi connectivity index (χ0v) is 14.2. The van der Waals surface area contributed by atoms with Gasteiger partial charge in [0.25, 0.3) is 11.8 Å². The van der Waals surface area contributed by atoms with Crippen molar-refractivity contribution in [2.24, 2.45) is 0 Å². The molecule has 0 saturated carbocycles. The number of halogens is 1. The van der Waals surface area contributed by atoms with E-state index < -0.39 is 5.91 Å². The van der Waals surface area contributed by atoms with Crippen LogP contribution in [0.2, 0.25) is 5.02 Å². The fourth-order valence-corrected chi connectivity index (χ4v) is 2.14. The molecule has 6 heteroatoms. The molecule has 0 radical (unpaired) electrons. The Kier molecular flexibility index (Phi) is 5.98. The molecule has 0 aliphatic carbocycles. The predicted molar refractivity (Wildman–Crippen MR) is 96.9 cm³/mol. The van der Waals surface area contributed by atoms with Crippen LogP contribution < -0.4 is 15.8 Å². The van der Waals surface area contributed by atoms with E-state index in [-0.39, 0.29) is 5.91 Å². The van der Waals surface area contributed by atoms with Gasteiger partial charge in [0.05, 0.1) is 0 Å². The number of hydrogen-bond acceptors (Lipinski definition) is 3. The molecule has 0 unspecified atom stereocenters. The van der Waals surface area contributed by atoms with Crippen LogP contribution in [-0.4, -0.2) is 25.9 Å². The number of rotatable bonds is 4. The second-order valence-electron chi connectivity index (χ2n) is 5.28. The van der Waals surface area contributed by atoms with Gasteiger partial charge in [0, 0.05) is 36.4 Å². The van der Waals surface area contributed by atoms with Gasteiger partial charge in [-0.2, -0.15) is 0 Å². The molecular formula is C18H18ClN3O2. The van der Waals surface area contributed by atoms with Crippen molar-refractivity contribution in [2.75, 3.05) is 19.0 Å². The maximum absolute atomic E-state index is 12.1. The second-order valence-corrected chi connectivity index (χ2v) is 5.71. The van der Waals surface area contributed by atoms with Gasteiger partial charge in [-0.1, -0.05) is 29.8 Å². The molecule has 0 heterocycles. The van der Waals surface area contributed by atoms with Gasteiger partial charge >= 0.3 is 0 Å². The van der Waals surface area contributed by atoms with Crippen LogP contribution in [0.5, 0.6) is 0 Å². The first kappa shape index (κ1) is 17.6. The average Bonchev–Trinajstić information content (AvgIpc) is 2.58. The lowest BCUT2D eigenvalue weighted by Gasteiger charge is -2.13. The number of nitrogens with one attached hydrogen (secondary N) is 2. The minimum atomic E-state index is -0.438. The molecule has 0 aromatic heterocycles. The van der Waals surface area contributed by atoms with E-state index in [4.69, 9.17) is 11.6 Å². The molecule has 2 N–H and O–H groups in total. The summed E-state index contributed by atoms with van der Waals surface area (Å²) in [5.41, 5.74) is 6.87. The first-order valence-corrected chi connectivity index (χ1v) is 7.65. The van der Waals surface area contributed by atoms with Crippen molar-refractivity contribution in [2.45, 2.75) is 0 Å². The number of anilines is 1. The van der Waals surface area contributed by atoms with E-state index in [2.05, 4.69) is 10.9 Å². The molecule has 2 aromatic carbocycles. The van der Waals surface area contributed by atoms with Crippen molar-refractivity contribution in [1.82, 2.24) is 10.9 Å². The molecule has 124 valence electrons. The summed E-state index contributed by atoms with van der Waals surface area (Å²) in [6, 6.07) is 14.2. The minimum Gasteiger partial charge on any atom is -0.378 e. The quantitative estimate of drug-likeness (QED) is 0.663. The van der Waals surface area contributed by atoms with Crippen LogP contribution in [-0.2, 0) is 4.79 Å². The summed E-state index contributed by atoms with van der Waals surface area (Å²) in [5, 5.41) is 0.589. The van der Waals surface area contributed by atoms with Gasteiger partial charge in [-0.3, -0.25) is 20.4 Å². The van der Waals surface area contributed by atoms with E-state index in [1.54, 1.807) is 42.5 Å². The predicted octanol–water partition coefficient (Wildman–Crippen LogP) is 2.88. The molecule has 0 atom stereocenters. The van der Waals surface area contributed by atoms with E-state index in [9.17, 15) is 9.59 Å². The molecule has 2 amide bonds. The molecule has 24 heavy (non-hydrogen) atoms. The highest BCUT2D eigenvalue weighted by Gasteiger charge is 2.07. The number of benzene rings is 2. The van der Waals surface area contributed by atoms with Crippen molar-refractivity contribution in [3.63, 3.8) is 0 Å². The third-order valence-corrected chi connectivity index (χ3v) is 3.43. The summed E-state index contributed by atoms with van der Waals surface area (Å²) in [6.45, 7) is 0. The first-order valence-electron chi connectivity index (χ1n) is 7.27. The van der Waals surface area contributed by atoms with Gasteiger partial charge in [0.1, 0.15) is 0 Å². The number of nitrogens with zero attached hydrogens (tertiary/aromatic N) is 1. The van der Waals surface area contributed by atoms with Crippen LogP contribution in [0.25, 0.3) is 6.08 Å². The van der Waals surface area contributed by atoms with Crippen LogP contribution in [0, 0.1) is 0 Å². The van der Waals surface area contributed by atoms with E-state index in [1.807, 2.05) is 31.1 Å². The maximum Gasteiger partial charge on any atom is 0.269 e. The Hall–Kier alpha value is -2.79. The monoisotopic (exact) mass is 343 g/mol. The van der Waals surface area contributed by atoms with Crippen LogP contribution in [0.4, 0.5) is 5.69 Å². The Labute approximate surface area is 145 Å². The third kappa shape index (κ3) is 5.14. The molecule has 0 spiro atoms. The van der Waals surface area contributed by atoms with Crippen molar-refractivity contribution >= 4 is 35.2 Å². The van der Waals surface area contributed by atoms with Crippen LogP contribution in [0.1, 0.15) is 15.9 Å². The van der Waals surface area contributed by atoms with E-state index >= 15 is 0 Å². The highest BCUT2D eigenvalue weighted by molar-refractivity contribution is 6.30. The Balaban J connectivity index is 1.91. The van der Waals surface area contributed by atoms with Gasteiger partial charge in [0.2, 0.25) is 0 Å². The largest absolute Gasteiger partial charge is 0.378 e. The van der Waals surface area contributed by atoms with E-state index in [1.165, 1.54) is 6.08 Å². The van der Waals surface area contributed by atoms with Gasteiger partial charge < -0.3 is 4.90 Å². The fraction of sp³-hybridized carbons (Fsp3) is 0.111. The normalized spacial score (nSPS) is 10.5. The van der Waals surface area contributed by atoms with E-state index in [0.717, 1.165) is 11.3 Å². The van der Waals surface area contributed by atoms with Gasteiger partial charge in [-0.05, 0) is 42.0 Å². The molecule has 0 aliphatic rings. The smallest absolute Gasteiger partial charge is 0.269 e. The van der Waals surface area contributed by atoms with Crippen molar-refractivity contribution in [3.05, 3.63) is 70.8 Å². The maximum atomic E-state index is 12.1. The summed E-state index contributed by atoms with van der Waals surface area (Å²) in [7, 11) is 3.78. The van der Waals surface area contributed by atoms with Crippen LogP contribution in [0.3, 0.4) is 0 Å². The van der Waals surface area contributed by atoms with Gasteiger partial charge in [-0.15, -0.1) is 0 Å². The van der Waals surface area contributed by atoms with E-state index in [0.29, 0.717) is 10.6 Å². The van der Waals surface area contributed by atoms with Crippen LogP contribution in [0.15, 0.2) is 54.6 Å². The molecule has 2 aromatic rings. The molecule has 0 bridgehead atoms. The van der Waals surface area contributed by atoms with Gasteiger partial charge in [0.15, 0.2) is 0 Å². The third-order valence-electron chi connectivity index (χ3n) is 3.20. The summed E-state index contributed by atoms with van der Waals surface area (Å²) in [5.74, 6) is -0.824. The average molecular weight is 344 g/mol. The lowest BCUT2D eigenvalue weighted by Crippen LogP contribution is -2.40. The number of hydrazine groups is 1. The SMILES string of the molecule is CN(C)c1cccc(C(=O)NNC(=O)C=Cc2cccc(Cl)c2)c1. The number of carbonyl (C=O) groups excluding carboxylic acids is 2. The summed E-state index contributed by atoms with van der Waals surface area (Å²) in [4.78, 5) is 25.7. The van der Waals surface area contributed by atoms with Gasteiger partial charge in [-0.25, -0.2) is 0 Å². The number of hydrogen-bond donors (Lipinski definition) is 2. The molecule has 0 aliphatic heterocycles. The lowest BCUT2D eigenvalue weighted by molar-refractivity contribution is -0.117. The Morgan fingerprint density at radius 3 is 2.50 bits per heavy atom. The Morgan fingerprint density at radius 2 is 1.79 bits per heavy atom. The molecular weight excluding hydrogens is 326 g/mol.